The molecule has 2 atom stereocenters. The van der Waals surface area contributed by atoms with Gasteiger partial charge in [0.1, 0.15) is 0 Å². The van der Waals surface area contributed by atoms with Crippen LogP contribution in [-0.4, -0.2) is 13.1 Å². The van der Waals surface area contributed by atoms with Gasteiger partial charge in [0.25, 0.3) is 0 Å². The Balaban J connectivity index is 2.16. The lowest BCUT2D eigenvalue weighted by molar-refractivity contribution is 0.785. The quantitative estimate of drug-likeness (QED) is 0.804. The van der Waals surface area contributed by atoms with Gasteiger partial charge in [-0.15, -0.1) is 0 Å². The molecule has 0 aliphatic heterocycles. The first-order valence-electron chi connectivity index (χ1n) is 5.97. The van der Waals surface area contributed by atoms with Crippen LogP contribution in [0.3, 0.4) is 0 Å². The number of nitrogens with one attached hydrogen (secondary N) is 1. The van der Waals surface area contributed by atoms with Crippen LogP contribution in [-0.2, 0) is 0 Å². The number of benzene rings is 2. The van der Waals surface area contributed by atoms with Gasteiger partial charge in [-0.3, -0.25) is 0 Å². The van der Waals surface area contributed by atoms with Crippen molar-refractivity contribution in [2.24, 2.45) is 0 Å². The van der Waals surface area contributed by atoms with E-state index in [1.807, 2.05) is 0 Å². The summed E-state index contributed by atoms with van der Waals surface area (Å²) in [7, 11) is 2.06. The zero-order valence-corrected chi connectivity index (χ0v) is 9.83. The minimum atomic E-state index is 0.686. The van der Waals surface area contributed by atoms with Crippen LogP contribution in [0.2, 0.25) is 0 Å². The third kappa shape index (κ3) is 1.43. The van der Waals surface area contributed by atoms with Gasteiger partial charge in [-0.2, -0.15) is 0 Å². The first kappa shape index (κ1) is 9.86. The fourth-order valence-electron chi connectivity index (χ4n) is 2.65. The van der Waals surface area contributed by atoms with E-state index in [9.17, 15) is 0 Å². The second-order valence-electron chi connectivity index (χ2n) is 4.75. The molecule has 1 heteroatoms. The number of aryl methyl sites for hydroxylation is 1. The summed E-state index contributed by atoms with van der Waals surface area (Å²) in [6.07, 6.45) is 1.28. The molecule has 1 saturated carbocycles. The molecule has 1 aliphatic carbocycles. The van der Waals surface area contributed by atoms with E-state index in [1.54, 1.807) is 0 Å². The van der Waals surface area contributed by atoms with Crippen molar-refractivity contribution in [3.63, 3.8) is 0 Å². The molecule has 16 heavy (non-hydrogen) atoms. The van der Waals surface area contributed by atoms with Crippen molar-refractivity contribution >= 4 is 10.8 Å². The van der Waals surface area contributed by atoms with Gasteiger partial charge in [-0.25, -0.2) is 0 Å². The van der Waals surface area contributed by atoms with Gasteiger partial charge in [0.15, 0.2) is 0 Å². The molecule has 1 aliphatic rings. The molecule has 3 rings (SSSR count). The summed E-state index contributed by atoms with van der Waals surface area (Å²) in [4.78, 5) is 0. The predicted molar refractivity (Wildman–Crippen MR) is 68.9 cm³/mol. The molecule has 2 aromatic rings. The zero-order chi connectivity index (χ0) is 11.1. The van der Waals surface area contributed by atoms with Crippen molar-refractivity contribution in [3.05, 3.63) is 47.5 Å². The van der Waals surface area contributed by atoms with Gasteiger partial charge in [0.2, 0.25) is 0 Å². The number of rotatable bonds is 2. The molecular formula is C15H17N. The van der Waals surface area contributed by atoms with Gasteiger partial charge in [0.05, 0.1) is 0 Å². The van der Waals surface area contributed by atoms with E-state index >= 15 is 0 Å². The minimum Gasteiger partial charge on any atom is -0.316 e. The highest BCUT2D eigenvalue weighted by atomic mass is 14.9. The Morgan fingerprint density at radius 2 is 1.81 bits per heavy atom. The van der Waals surface area contributed by atoms with Gasteiger partial charge in [-0.05, 0) is 42.3 Å². The lowest BCUT2D eigenvalue weighted by atomic mass is 9.97. The van der Waals surface area contributed by atoms with E-state index in [1.165, 1.54) is 28.3 Å². The molecule has 1 N–H and O–H groups in total. The molecule has 1 fully saturated rings. The van der Waals surface area contributed by atoms with Gasteiger partial charge in [0, 0.05) is 12.0 Å². The number of fused-ring (bicyclic) bond motifs is 1. The van der Waals surface area contributed by atoms with Crippen molar-refractivity contribution in [2.45, 2.75) is 25.3 Å². The van der Waals surface area contributed by atoms with Crippen LogP contribution in [0.25, 0.3) is 10.8 Å². The molecule has 2 aromatic carbocycles. The Morgan fingerprint density at radius 3 is 2.50 bits per heavy atom. The van der Waals surface area contributed by atoms with E-state index in [-0.39, 0.29) is 0 Å². The van der Waals surface area contributed by atoms with Crippen LogP contribution >= 0.6 is 0 Å². The van der Waals surface area contributed by atoms with Gasteiger partial charge >= 0.3 is 0 Å². The van der Waals surface area contributed by atoms with Crippen LogP contribution in [0, 0.1) is 6.92 Å². The summed E-state index contributed by atoms with van der Waals surface area (Å²) < 4.78 is 0. The lowest BCUT2D eigenvalue weighted by Gasteiger charge is -2.08. The van der Waals surface area contributed by atoms with Crippen LogP contribution in [0.4, 0.5) is 0 Å². The third-order valence-corrected chi connectivity index (χ3v) is 3.74. The summed E-state index contributed by atoms with van der Waals surface area (Å²) in [6.45, 7) is 2.19. The topological polar surface area (TPSA) is 12.0 Å². The normalized spacial score (nSPS) is 23.6. The molecule has 0 heterocycles. The van der Waals surface area contributed by atoms with E-state index in [0.29, 0.717) is 6.04 Å². The Morgan fingerprint density at radius 1 is 1.06 bits per heavy atom. The average molecular weight is 211 g/mol. The molecule has 82 valence electrons. The lowest BCUT2D eigenvalue weighted by Crippen LogP contribution is -2.10. The fourth-order valence-corrected chi connectivity index (χ4v) is 2.65. The summed E-state index contributed by atoms with van der Waals surface area (Å²) in [5.41, 5.74) is 2.89. The maximum Gasteiger partial charge on any atom is 0.0140 e. The van der Waals surface area contributed by atoms with Crippen molar-refractivity contribution in [2.75, 3.05) is 7.05 Å². The fraction of sp³-hybridized carbons (Fsp3) is 0.333. The van der Waals surface area contributed by atoms with Crippen LogP contribution in [0.5, 0.6) is 0 Å². The summed E-state index contributed by atoms with van der Waals surface area (Å²) in [5.74, 6) is 0.718. The van der Waals surface area contributed by atoms with E-state index in [0.717, 1.165) is 5.92 Å². The van der Waals surface area contributed by atoms with Crippen LogP contribution < -0.4 is 5.32 Å². The molecule has 0 bridgehead atoms. The molecule has 2 unspecified atom stereocenters. The zero-order valence-electron chi connectivity index (χ0n) is 9.83. The molecule has 0 radical (unpaired) electrons. The summed E-state index contributed by atoms with van der Waals surface area (Å²) in [5, 5.41) is 6.21. The Kier molecular flexibility index (Phi) is 2.22. The van der Waals surface area contributed by atoms with Crippen LogP contribution in [0.1, 0.15) is 23.5 Å². The molecule has 0 spiro atoms. The highest BCUT2D eigenvalue weighted by molar-refractivity contribution is 5.89. The number of hydrogen-bond donors (Lipinski definition) is 1. The van der Waals surface area contributed by atoms with E-state index in [2.05, 4.69) is 55.7 Å². The maximum atomic E-state index is 3.37. The van der Waals surface area contributed by atoms with Crippen molar-refractivity contribution in [1.82, 2.24) is 5.32 Å². The van der Waals surface area contributed by atoms with E-state index in [4.69, 9.17) is 0 Å². The number of likely N-dealkylation sites (N-methyl/N-ethyl adjacent to an activating group) is 1. The summed E-state index contributed by atoms with van der Waals surface area (Å²) in [6, 6.07) is 14.0. The average Bonchev–Trinajstić information content (AvgIpc) is 3.09. The van der Waals surface area contributed by atoms with Gasteiger partial charge < -0.3 is 5.32 Å². The summed E-state index contributed by atoms with van der Waals surface area (Å²) >= 11 is 0. The Labute approximate surface area is 96.5 Å². The molecule has 0 saturated heterocycles. The maximum absolute atomic E-state index is 3.37. The van der Waals surface area contributed by atoms with Crippen molar-refractivity contribution in [1.29, 1.82) is 0 Å². The largest absolute Gasteiger partial charge is 0.316 e. The second kappa shape index (κ2) is 3.60. The Hall–Kier alpha value is -1.34. The standard InChI is InChI=1S/C15H17N/c1-10-7-8-13(14-9-15(14)16-2)12-6-4-3-5-11(10)12/h3-8,14-16H,9H2,1-2H3. The van der Waals surface area contributed by atoms with E-state index < -0.39 is 0 Å². The van der Waals surface area contributed by atoms with Crippen LogP contribution in [0.15, 0.2) is 36.4 Å². The molecule has 0 aromatic heterocycles. The monoisotopic (exact) mass is 211 g/mol. The predicted octanol–water partition coefficient (Wildman–Crippen LogP) is 3.22. The smallest absolute Gasteiger partial charge is 0.0140 e. The Bertz CT molecular complexity index is 530. The van der Waals surface area contributed by atoms with Crippen molar-refractivity contribution in [3.8, 4) is 0 Å². The highest BCUT2D eigenvalue weighted by Crippen LogP contribution is 2.43. The number of hydrogen-bond acceptors (Lipinski definition) is 1. The first-order valence-corrected chi connectivity index (χ1v) is 5.97. The first-order chi connectivity index (χ1) is 7.81. The molecule has 1 nitrogen and oxygen atoms in total. The SMILES string of the molecule is CNC1CC1c1ccc(C)c2ccccc12. The highest BCUT2D eigenvalue weighted by Gasteiger charge is 2.37. The second-order valence-corrected chi connectivity index (χ2v) is 4.75. The molecular weight excluding hydrogens is 194 g/mol. The van der Waals surface area contributed by atoms with Gasteiger partial charge in [-0.1, -0.05) is 36.4 Å². The van der Waals surface area contributed by atoms with Crippen molar-refractivity contribution < 1.29 is 0 Å². The third-order valence-electron chi connectivity index (χ3n) is 3.74. The molecule has 0 amide bonds. The minimum absolute atomic E-state index is 0.686.